The van der Waals surface area contributed by atoms with E-state index in [0.717, 1.165) is 24.6 Å². The summed E-state index contributed by atoms with van der Waals surface area (Å²) in [5.41, 5.74) is 0. The molecule has 0 radical (unpaired) electrons. The topological polar surface area (TPSA) is 62.6 Å². The first-order valence-corrected chi connectivity index (χ1v) is 8.98. The number of sulfone groups is 1. The van der Waals surface area contributed by atoms with Crippen molar-refractivity contribution in [1.29, 1.82) is 0 Å². The zero-order chi connectivity index (χ0) is 14.6. The van der Waals surface area contributed by atoms with Gasteiger partial charge in [0.25, 0.3) is 0 Å². The Balaban J connectivity index is 1.78. The van der Waals surface area contributed by atoms with Gasteiger partial charge in [0, 0.05) is 13.1 Å². The molecule has 0 aliphatic carbocycles. The molecule has 2 heterocycles. The van der Waals surface area contributed by atoms with Gasteiger partial charge in [-0.25, -0.2) is 8.42 Å². The molecule has 0 aromatic carbocycles. The summed E-state index contributed by atoms with van der Waals surface area (Å²) in [7, 11) is -2.81. The van der Waals surface area contributed by atoms with Crippen LogP contribution in [0.15, 0.2) is 16.5 Å². The normalized spacial score (nSPS) is 19.6. The molecule has 0 bridgehead atoms. The van der Waals surface area contributed by atoms with Crippen LogP contribution in [0.3, 0.4) is 0 Å². The van der Waals surface area contributed by atoms with Gasteiger partial charge in [-0.1, -0.05) is 13.8 Å². The van der Waals surface area contributed by atoms with Gasteiger partial charge in [0.1, 0.15) is 11.5 Å². The van der Waals surface area contributed by atoms with E-state index in [-0.39, 0.29) is 11.5 Å². The van der Waals surface area contributed by atoms with Crippen molar-refractivity contribution in [2.45, 2.75) is 26.9 Å². The van der Waals surface area contributed by atoms with Crippen molar-refractivity contribution in [2.24, 2.45) is 5.92 Å². The molecule has 5 nitrogen and oxygen atoms in total. The summed E-state index contributed by atoms with van der Waals surface area (Å²) in [6, 6.07) is 3.97. The largest absolute Gasteiger partial charge is 0.463 e. The van der Waals surface area contributed by atoms with E-state index in [4.69, 9.17) is 4.42 Å². The van der Waals surface area contributed by atoms with Gasteiger partial charge in [-0.05, 0) is 24.6 Å². The molecule has 0 amide bonds. The summed E-state index contributed by atoms with van der Waals surface area (Å²) in [6.07, 6.45) is 0. The van der Waals surface area contributed by atoms with Gasteiger partial charge in [-0.2, -0.15) is 0 Å². The Morgan fingerprint density at radius 3 is 2.55 bits per heavy atom. The maximum atomic E-state index is 11.4. The second-order valence-electron chi connectivity index (χ2n) is 5.82. The van der Waals surface area contributed by atoms with E-state index >= 15 is 0 Å². The fraction of sp³-hybridized carbons (Fsp3) is 0.714. The van der Waals surface area contributed by atoms with Crippen molar-refractivity contribution in [3.05, 3.63) is 23.7 Å². The van der Waals surface area contributed by atoms with Gasteiger partial charge in [0.05, 0.1) is 24.6 Å². The summed E-state index contributed by atoms with van der Waals surface area (Å²) < 4.78 is 28.5. The predicted octanol–water partition coefficient (Wildman–Crippen LogP) is 1.26. The zero-order valence-corrected chi connectivity index (χ0v) is 13.1. The van der Waals surface area contributed by atoms with E-state index < -0.39 is 9.84 Å². The minimum Gasteiger partial charge on any atom is -0.463 e. The number of nitrogens with one attached hydrogen (secondary N) is 1. The highest BCUT2D eigenvalue weighted by Crippen LogP contribution is 2.13. The quantitative estimate of drug-likeness (QED) is 0.857. The van der Waals surface area contributed by atoms with Crippen LogP contribution in [0.4, 0.5) is 0 Å². The molecule has 1 saturated heterocycles. The van der Waals surface area contributed by atoms with E-state index in [1.54, 1.807) is 0 Å². The van der Waals surface area contributed by atoms with Crippen LogP contribution >= 0.6 is 0 Å². The average molecular weight is 300 g/mol. The predicted molar refractivity (Wildman–Crippen MR) is 79.2 cm³/mol. The zero-order valence-electron chi connectivity index (χ0n) is 12.3. The highest BCUT2D eigenvalue weighted by molar-refractivity contribution is 7.91. The summed E-state index contributed by atoms with van der Waals surface area (Å²) in [5, 5.41) is 3.34. The number of hydrogen-bond donors (Lipinski definition) is 1. The fourth-order valence-electron chi connectivity index (χ4n) is 2.22. The Morgan fingerprint density at radius 2 is 1.90 bits per heavy atom. The summed E-state index contributed by atoms with van der Waals surface area (Å²) in [4.78, 5) is 2.13. The van der Waals surface area contributed by atoms with Crippen molar-refractivity contribution >= 4 is 9.84 Å². The van der Waals surface area contributed by atoms with Gasteiger partial charge >= 0.3 is 0 Å². The molecular weight excluding hydrogens is 276 g/mol. The lowest BCUT2D eigenvalue weighted by atomic mass is 10.2. The fourth-order valence-corrected chi connectivity index (χ4v) is 3.49. The van der Waals surface area contributed by atoms with Crippen molar-refractivity contribution in [1.82, 2.24) is 10.2 Å². The minimum absolute atomic E-state index is 0.260. The van der Waals surface area contributed by atoms with Crippen LogP contribution in [0, 0.1) is 5.92 Å². The van der Waals surface area contributed by atoms with Crippen molar-refractivity contribution in [3.8, 4) is 0 Å². The molecule has 0 unspecified atom stereocenters. The lowest BCUT2D eigenvalue weighted by Gasteiger charge is -2.25. The molecule has 1 fully saturated rings. The molecule has 1 aromatic heterocycles. The second kappa shape index (κ2) is 6.74. The minimum atomic E-state index is -2.81. The molecule has 0 atom stereocenters. The highest BCUT2D eigenvalue weighted by atomic mass is 32.2. The maximum absolute atomic E-state index is 11.4. The van der Waals surface area contributed by atoms with Gasteiger partial charge in [-0.15, -0.1) is 0 Å². The first kappa shape index (κ1) is 15.5. The molecule has 114 valence electrons. The van der Waals surface area contributed by atoms with Crippen LogP contribution in [-0.4, -0.2) is 44.5 Å². The lowest BCUT2D eigenvalue weighted by molar-refractivity contribution is 0.258. The Labute approximate surface area is 121 Å². The Bertz CT molecular complexity index is 508. The molecule has 1 aliphatic heterocycles. The summed E-state index contributed by atoms with van der Waals surface area (Å²) in [6.45, 7) is 7.95. The molecule has 0 spiro atoms. The van der Waals surface area contributed by atoms with Gasteiger partial charge in [-0.3, -0.25) is 4.90 Å². The molecular formula is C14H24N2O3S. The average Bonchev–Trinajstić information content (AvgIpc) is 2.79. The molecule has 2 rings (SSSR count). The molecule has 1 aromatic rings. The third-order valence-corrected chi connectivity index (χ3v) is 4.99. The van der Waals surface area contributed by atoms with Crippen LogP contribution < -0.4 is 5.32 Å². The maximum Gasteiger partial charge on any atom is 0.152 e. The molecule has 20 heavy (non-hydrogen) atoms. The van der Waals surface area contributed by atoms with E-state index in [9.17, 15) is 8.42 Å². The molecule has 0 saturated carbocycles. The molecule has 6 heteroatoms. The number of rotatable bonds is 6. The number of furan rings is 1. The Hall–Kier alpha value is -0.850. The van der Waals surface area contributed by atoms with Crippen LogP contribution in [0.25, 0.3) is 0 Å². The van der Waals surface area contributed by atoms with E-state index in [1.165, 1.54) is 0 Å². The van der Waals surface area contributed by atoms with E-state index in [2.05, 4.69) is 24.1 Å². The van der Waals surface area contributed by atoms with Crippen molar-refractivity contribution < 1.29 is 12.8 Å². The monoisotopic (exact) mass is 300 g/mol. The molecule has 1 aliphatic rings. The van der Waals surface area contributed by atoms with Crippen molar-refractivity contribution in [3.63, 3.8) is 0 Å². The van der Waals surface area contributed by atoms with Crippen molar-refractivity contribution in [2.75, 3.05) is 31.1 Å². The Morgan fingerprint density at radius 1 is 1.25 bits per heavy atom. The lowest BCUT2D eigenvalue weighted by Crippen LogP contribution is -2.39. The smallest absolute Gasteiger partial charge is 0.152 e. The SMILES string of the molecule is CC(C)CNCc1ccc(CN2CCS(=O)(=O)CC2)o1. The van der Waals surface area contributed by atoms with Crippen LogP contribution in [-0.2, 0) is 22.9 Å². The van der Waals surface area contributed by atoms with Gasteiger partial charge < -0.3 is 9.73 Å². The van der Waals surface area contributed by atoms with Gasteiger partial charge in [0.15, 0.2) is 9.84 Å². The van der Waals surface area contributed by atoms with E-state index in [0.29, 0.717) is 25.6 Å². The summed E-state index contributed by atoms with van der Waals surface area (Å²) >= 11 is 0. The second-order valence-corrected chi connectivity index (χ2v) is 8.12. The first-order chi connectivity index (χ1) is 9.44. The van der Waals surface area contributed by atoms with E-state index in [1.807, 2.05) is 12.1 Å². The summed E-state index contributed by atoms with van der Waals surface area (Å²) in [5.74, 6) is 2.99. The third-order valence-electron chi connectivity index (χ3n) is 3.39. The van der Waals surface area contributed by atoms with Gasteiger partial charge in [0.2, 0.25) is 0 Å². The molecule has 1 N–H and O–H groups in total. The highest BCUT2D eigenvalue weighted by Gasteiger charge is 2.22. The Kier molecular flexibility index (Phi) is 5.23. The standard InChI is InChI=1S/C14H24N2O3S/c1-12(2)9-15-10-13-3-4-14(19-13)11-16-5-7-20(17,18)8-6-16/h3-4,12,15H,5-11H2,1-2H3. The van der Waals surface area contributed by atoms with Crippen LogP contribution in [0.2, 0.25) is 0 Å². The first-order valence-electron chi connectivity index (χ1n) is 7.16. The number of nitrogens with zero attached hydrogens (tertiary/aromatic N) is 1. The van der Waals surface area contributed by atoms with Crippen LogP contribution in [0.5, 0.6) is 0 Å². The number of hydrogen-bond acceptors (Lipinski definition) is 5. The van der Waals surface area contributed by atoms with Crippen LogP contribution in [0.1, 0.15) is 25.4 Å². The third kappa shape index (κ3) is 4.92.